The molecule has 0 rings (SSSR count). The molecule has 0 fully saturated rings. The van der Waals surface area contributed by atoms with E-state index in [4.69, 9.17) is 37.0 Å². The third-order valence-corrected chi connectivity index (χ3v) is 20.3. The van der Waals surface area contributed by atoms with E-state index < -0.39 is 97.5 Å². The molecule has 96 heavy (non-hydrogen) atoms. The van der Waals surface area contributed by atoms with E-state index >= 15 is 0 Å². The number of rotatable bonds is 77. The summed E-state index contributed by atoms with van der Waals surface area (Å²) in [6.45, 7) is 7.31. The first kappa shape index (κ1) is 94.1. The molecule has 0 aromatic heterocycles. The monoisotopic (exact) mass is 1410 g/mol. The first-order valence-corrected chi connectivity index (χ1v) is 43.2. The lowest BCUT2D eigenvalue weighted by Crippen LogP contribution is -2.30. The zero-order valence-corrected chi connectivity index (χ0v) is 64.3. The van der Waals surface area contributed by atoms with E-state index in [1.807, 2.05) is 0 Å². The van der Waals surface area contributed by atoms with Crippen molar-refractivity contribution < 1.29 is 80.2 Å². The maximum atomic E-state index is 13.1. The Kier molecular flexibility index (Phi) is 68.7. The molecular formula is C77H150O17P2. The van der Waals surface area contributed by atoms with Crippen LogP contribution in [0.2, 0.25) is 0 Å². The number of carbonyl (C=O) groups is 4. The van der Waals surface area contributed by atoms with Crippen LogP contribution in [0.4, 0.5) is 0 Å². The number of esters is 4. The largest absolute Gasteiger partial charge is 0.472 e. The highest BCUT2D eigenvalue weighted by Crippen LogP contribution is 2.45. The van der Waals surface area contributed by atoms with Crippen LogP contribution < -0.4 is 0 Å². The summed E-state index contributed by atoms with van der Waals surface area (Å²) in [6, 6.07) is 0. The van der Waals surface area contributed by atoms with Gasteiger partial charge in [0.2, 0.25) is 0 Å². The summed E-state index contributed by atoms with van der Waals surface area (Å²) in [7, 11) is -9.90. The zero-order chi connectivity index (χ0) is 70.5. The van der Waals surface area contributed by atoms with Crippen LogP contribution in [0.25, 0.3) is 0 Å². The molecule has 3 N–H and O–H groups in total. The predicted molar refractivity (Wildman–Crippen MR) is 391 cm³/mol. The van der Waals surface area contributed by atoms with Gasteiger partial charge in [-0.25, -0.2) is 9.13 Å². The lowest BCUT2D eigenvalue weighted by Gasteiger charge is -2.21. The summed E-state index contributed by atoms with van der Waals surface area (Å²) < 4.78 is 68.4. The molecule has 0 radical (unpaired) electrons. The maximum absolute atomic E-state index is 13.1. The Labute approximate surface area is 588 Å². The van der Waals surface area contributed by atoms with Gasteiger partial charge in [-0.15, -0.1) is 0 Å². The van der Waals surface area contributed by atoms with E-state index in [9.17, 15) is 43.2 Å². The molecule has 0 saturated carbocycles. The molecule has 3 unspecified atom stereocenters. The zero-order valence-electron chi connectivity index (χ0n) is 62.5. The molecule has 0 aromatic rings. The van der Waals surface area contributed by atoms with Gasteiger partial charge in [0.1, 0.15) is 19.3 Å². The van der Waals surface area contributed by atoms with Crippen LogP contribution in [0.15, 0.2) is 0 Å². The number of unbranched alkanes of at least 4 members (excludes halogenated alkanes) is 48. The molecule has 0 aliphatic heterocycles. The number of carbonyl (C=O) groups excluding carboxylic acids is 4. The summed E-state index contributed by atoms with van der Waals surface area (Å²) in [6.07, 6.45) is 59.9. The summed E-state index contributed by atoms with van der Waals surface area (Å²) in [4.78, 5) is 72.6. The Morgan fingerprint density at radius 2 is 0.500 bits per heavy atom. The second-order valence-corrected chi connectivity index (χ2v) is 30.9. The fraction of sp³-hybridized carbons (Fsp3) is 0.948. The Hall–Kier alpha value is -1.94. The van der Waals surface area contributed by atoms with E-state index in [1.165, 1.54) is 218 Å². The molecule has 0 spiro atoms. The van der Waals surface area contributed by atoms with Crippen molar-refractivity contribution in [2.24, 2.45) is 5.92 Å². The molecule has 570 valence electrons. The predicted octanol–water partition coefficient (Wildman–Crippen LogP) is 22.9. The molecule has 0 saturated heterocycles. The Bertz CT molecular complexity index is 1840. The van der Waals surface area contributed by atoms with E-state index in [2.05, 4.69) is 34.6 Å². The molecule has 6 atom stereocenters. The van der Waals surface area contributed by atoms with E-state index in [1.54, 1.807) is 0 Å². The van der Waals surface area contributed by atoms with Crippen LogP contribution in [0.1, 0.15) is 407 Å². The Balaban J connectivity index is 5.14. The van der Waals surface area contributed by atoms with Crippen LogP contribution in [-0.2, 0) is 65.4 Å². The summed E-state index contributed by atoms with van der Waals surface area (Å²) in [5, 5.41) is 10.6. The third kappa shape index (κ3) is 69.2. The van der Waals surface area contributed by atoms with Gasteiger partial charge in [-0.2, -0.15) is 0 Å². The molecule has 0 aliphatic carbocycles. The van der Waals surface area contributed by atoms with Crippen molar-refractivity contribution in [2.45, 2.75) is 425 Å². The van der Waals surface area contributed by atoms with Crippen LogP contribution in [0.3, 0.4) is 0 Å². The molecule has 0 heterocycles. The number of phosphoric acid groups is 2. The fourth-order valence-corrected chi connectivity index (χ4v) is 13.4. The van der Waals surface area contributed by atoms with Crippen LogP contribution >= 0.6 is 15.6 Å². The van der Waals surface area contributed by atoms with Gasteiger partial charge in [0.25, 0.3) is 0 Å². The fourth-order valence-electron chi connectivity index (χ4n) is 11.8. The smallest absolute Gasteiger partial charge is 0.462 e. The molecule has 19 heteroatoms. The average molecular weight is 1410 g/mol. The minimum absolute atomic E-state index is 0.106. The van der Waals surface area contributed by atoms with Crippen LogP contribution in [0, 0.1) is 5.92 Å². The molecule has 0 aromatic carbocycles. The van der Waals surface area contributed by atoms with Crippen molar-refractivity contribution in [3.05, 3.63) is 0 Å². The van der Waals surface area contributed by atoms with Gasteiger partial charge in [0.15, 0.2) is 12.2 Å². The number of aliphatic hydroxyl groups excluding tert-OH is 1. The van der Waals surface area contributed by atoms with Crippen LogP contribution in [0.5, 0.6) is 0 Å². The topological polar surface area (TPSA) is 237 Å². The Morgan fingerprint density at radius 1 is 0.292 bits per heavy atom. The normalized spacial score (nSPS) is 14.2. The first-order chi connectivity index (χ1) is 46.6. The number of hydrogen-bond donors (Lipinski definition) is 3. The van der Waals surface area contributed by atoms with Crippen molar-refractivity contribution in [1.29, 1.82) is 0 Å². The summed E-state index contributed by atoms with van der Waals surface area (Å²) in [5.74, 6) is -1.25. The van der Waals surface area contributed by atoms with Gasteiger partial charge < -0.3 is 33.8 Å². The highest BCUT2D eigenvalue weighted by molar-refractivity contribution is 7.47. The number of aliphatic hydroxyl groups is 1. The third-order valence-electron chi connectivity index (χ3n) is 18.4. The van der Waals surface area contributed by atoms with Gasteiger partial charge in [-0.3, -0.25) is 37.3 Å². The van der Waals surface area contributed by atoms with Crippen molar-refractivity contribution in [3.8, 4) is 0 Å². The minimum atomic E-state index is -4.96. The lowest BCUT2D eigenvalue weighted by atomic mass is 9.99. The molecule has 0 amide bonds. The molecule has 0 bridgehead atoms. The summed E-state index contributed by atoms with van der Waals surface area (Å²) in [5.41, 5.74) is 0. The standard InChI is InChI=1S/C77H150O17P2/c1-6-10-13-16-19-21-23-24-25-28-32-35-38-42-46-51-56-61-75(80)88-67-73(94-77(82)63-58-53-48-43-39-36-33-30-27-26-29-31-34-37-40-45-49-54-59-70(5)9-4)69-92-96(85,86)90-65-71(78)64-89-95(83,84)91-68-72(66-87-74(79)60-55-50-44-18-15-12-8-3)93-76(81)62-57-52-47-41-22-20-17-14-11-7-2/h70-73,78H,6-69H2,1-5H3,(H,83,84)(H,85,86)/t70?,71-,72+,73+/m0/s1. The van der Waals surface area contributed by atoms with Gasteiger partial charge in [-0.1, -0.05) is 356 Å². The van der Waals surface area contributed by atoms with Gasteiger partial charge in [0.05, 0.1) is 26.4 Å². The van der Waals surface area contributed by atoms with E-state index in [-0.39, 0.29) is 25.7 Å². The van der Waals surface area contributed by atoms with Crippen molar-refractivity contribution in [1.82, 2.24) is 0 Å². The number of phosphoric ester groups is 2. The number of hydrogen-bond acceptors (Lipinski definition) is 15. The highest BCUT2D eigenvalue weighted by atomic mass is 31.2. The Morgan fingerprint density at radius 3 is 0.740 bits per heavy atom. The SMILES string of the molecule is CCCCCCCCCCCCCCCCCCCC(=O)OC[C@H](COP(=O)(O)OC[C@@H](O)COP(=O)(O)OC[C@@H](COC(=O)CCCCCCCCC)OC(=O)CCCCCCCCCCCC)OC(=O)CCCCCCCCCCCCCCCCCCCCC(C)CC. The quantitative estimate of drug-likeness (QED) is 0.0222. The maximum Gasteiger partial charge on any atom is 0.472 e. The molecule has 0 aliphatic rings. The second-order valence-electron chi connectivity index (χ2n) is 28.0. The average Bonchev–Trinajstić information content (AvgIpc) is 1.21. The van der Waals surface area contributed by atoms with Crippen molar-refractivity contribution in [2.75, 3.05) is 39.6 Å². The van der Waals surface area contributed by atoms with Crippen LogP contribution in [-0.4, -0.2) is 96.7 Å². The van der Waals surface area contributed by atoms with Crippen molar-refractivity contribution in [3.63, 3.8) is 0 Å². The number of ether oxygens (including phenoxy) is 4. The summed E-state index contributed by atoms with van der Waals surface area (Å²) >= 11 is 0. The lowest BCUT2D eigenvalue weighted by molar-refractivity contribution is -0.161. The van der Waals surface area contributed by atoms with E-state index in [0.717, 1.165) is 109 Å². The second kappa shape index (κ2) is 70.1. The molecule has 17 nitrogen and oxygen atoms in total. The van der Waals surface area contributed by atoms with Crippen molar-refractivity contribution >= 4 is 39.5 Å². The molecular weight excluding hydrogens is 1260 g/mol. The highest BCUT2D eigenvalue weighted by Gasteiger charge is 2.30. The van der Waals surface area contributed by atoms with Gasteiger partial charge in [0, 0.05) is 25.7 Å². The first-order valence-electron chi connectivity index (χ1n) is 40.2. The minimum Gasteiger partial charge on any atom is -0.462 e. The van der Waals surface area contributed by atoms with Gasteiger partial charge in [-0.05, 0) is 31.6 Å². The van der Waals surface area contributed by atoms with E-state index in [0.29, 0.717) is 25.7 Å². The van der Waals surface area contributed by atoms with Gasteiger partial charge >= 0.3 is 39.5 Å².